The van der Waals surface area contributed by atoms with Crippen molar-refractivity contribution in [3.8, 4) is 6.07 Å². The molecule has 0 saturated heterocycles. The lowest BCUT2D eigenvalue weighted by Crippen LogP contribution is -2.36. The van der Waals surface area contributed by atoms with Crippen molar-refractivity contribution in [2.75, 3.05) is 6.54 Å². The molecule has 0 spiro atoms. The molecule has 2 atom stereocenters. The molecule has 1 aliphatic carbocycles. The molecule has 0 amide bonds. The zero-order chi connectivity index (χ0) is 12.8. The van der Waals surface area contributed by atoms with E-state index in [1.54, 1.807) is 0 Å². The Balaban J connectivity index is 1.79. The van der Waals surface area contributed by atoms with E-state index in [0.29, 0.717) is 6.04 Å². The minimum absolute atomic E-state index is 0.196. The average molecular weight is 246 g/mol. The quantitative estimate of drug-likeness (QED) is 0.827. The van der Waals surface area contributed by atoms with Gasteiger partial charge in [0.1, 0.15) is 0 Å². The molecule has 0 radical (unpaired) electrons. The van der Waals surface area contributed by atoms with Crippen molar-refractivity contribution in [2.24, 2.45) is 13.0 Å². The van der Waals surface area contributed by atoms with Gasteiger partial charge in [-0.15, -0.1) is 0 Å². The van der Waals surface area contributed by atoms with Gasteiger partial charge < -0.3 is 5.32 Å². The van der Waals surface area contributed by atoms with Crippen LogP contribution in [0.3, 0.4) is 0 Å². The lowest BCUT2D eigenvalue weighted by atomic mass is 9.96. The smallest absolute Gasteiger partial charge is 0.0672 e. The third-order valence-electron chi connectivity index (χ3n) is 3.76. The maximum atomic E-state index is 9.20. The Morgan fingerprint density at radius 2 is 2.28 bits per heavy atom. The molecule has 1 aromatic rings. The van der Waals surface area contributed by atoms with Crippen LogP contribution in [0, 0.1) is 17.2 Å². The molecule has 1 heterocycles. The summed E-state index contributed by atoms with van der Waals surface area (Å²) in [6.45, 7) is 0.939. The maximum absolute atomic E-state index is 9.20. The summed E-state index contributed by atoms with van der Waals surface area (Å²) in [6.07, 6.45) is 10.9. The van der Waals surface area contributed by atoms with Crippen molar-refractivity contribution in [3.05, 3.63) is 18.0 Å². The lowest BCUT2D eigenvalue weighted by Gasteiger charge is -2.20. The fourth-order valence-corrected chi connectivity index (χ4v) is 2.71. The van der Waals surface area contributed by atoms with Crippen LogP contribution in [0.15, 0.2) is 12.4 Å². The molecular weight excluding hydrogens is 224 g/mol. The third kappa shape index (κ3) is 3.58. The first-order valence-electron chi connectivity index (χ1n) is 6.90. The molecule has 4 heteroatoms. The zero-order valence-electron chi connectivity index (χ0n) is 11.1. The molecule has 98 valence electrons. The second-order valence-electron chi connectivity index (χ2n) is 5.21. The Hall–Kier alpha value is -1.34. The van der Waals surface area contributed by atoms with E-state index in [1.165, 1.54) is 24.8 Å². The first-order valence-corrected chi connectivity index (χ1v) is 6.90. The van der Waals surface area contributed by atoms with Gasteiger partial charge in [0.05, 0.1) is 18.2 Å². The van der Waals surface area contributed by atoms with E-state index in [4.69, 9.17) is 0 Å². The van der Waals surface area contributed by atoms with Crippen LogP contribution in [-0.4, -0.2) is 22.4 Å². The van der Waals surface area contributed by atoms with Gasteiger partial charge in [-0.25, -0.2) is 0 Å². The van der Waals surface area contributed by atoms with Gasteiger partial charge in [0.25, 0.3) is 0 Å². The normalized spacial score (nSPS) is 24.4. The molecule has 2 unspecified atom stereocenters. The Kier molecular flexibility index (Phi) is 4.77. The predicted molar refractivity (Wildman–Crippen MR) is 70.9 cm³/mol. The van der Waals surface area contributed by atoms with Crippen molar-refractivity contribution in [1.29, 1.82) is 5.26 Å². The lowest BCUT2D eigenvalue weighted by molar-refractivity contribution is 0.397. The summed E-state index contributed by atoms with van der Waals surface area (Å²) in [6, 6.07) is 2.85. The van der Waals surface area contributed by atoms with Gasteiger partial charge in [0.15, 0.2) is 0 Å². The molecule has 1 aliphatic rings. The summed E-state index contributed by atoms with van der Waals surface area (Å²) in [7, 11) is 1.94. The number of rotatable bonds is 4. The monoisotopic (exact) mass is 246 g/mol. The number of aromatic nitrogens is 2. The largest absolute Gasteiger partial charge is 0.312 e. The van der Waals surface area contributed by atoms with Crippen LogP contribution >= 0.6 is 0 Å². The topological polar surface area (TPSA) is 53.6 Å². The standard InChI is InChI=1S/C14H22N4/c1-18-11-12(10-17-18)7-8-16-14-6-4-2-3-5-13(14)9-15/h10-11,13-14,16H,2-8H2,1H3. The molecule has 4 nitrogen and oxygen atoms in total. The fraction of sp³-hybridized carbons (Fsp3) is 0.714. The SMILES string of the molecule is Cn1cc(CCNC2CCCCCC2C#N)cn1. The second kappa shape index (κ2) is 6.55. The number of nitrogens with zero attached hydrogens (tertiary/aromatic N) is 3. The van der Waals surface area contributed by atoms with E-state index in [9.17, 15) is 5.26 Å². The fourth-order valence-electron chi connectivity index (χ4n) is 2.71. The van der Waals surface area contributed by atoms with Crippen LogP contribution in [0.5, 0.6) is 0 Å². The number of hydrogen-bond acceptors (Lipinski definition) is 3. The number of hydrogen-bond donors (Lipinski definition) is 1. The van der Waals surface area contributed by atoms with Crippen molar-refractivity contribution in [2.45, 2.75) is 44.6 Å². The summed E-state index contributed by atoms with van der Waals surface area (Å²) in [5.41, 5.74) is 1.26. The van der Waals surface area contributed by atoms with Gasteiger partial charge in [0.2, 0.25) is 0 Å². The van der Waals surface area contributed by atoms with Crippen LogP contribution in [0.4, 0.5) is 0 Å². The molecule has 0 aromatic carbocycles. The number of aryl methyl sites for hydroxylation is 1. The van der Waals surface area contributed by atoms with Gasteiger partial charge in [-0.05, 0) is 31.4 Å². The highest BCUT2D eigenvalue weighted by Crippen LogP contribution is 2.22. The summed E-state index contributed by atoms with van der Waals surface area (Å²) in [5, 5.41) is 16.9. The predicted octanol–water partition coefficient (Wildman–Crippen LogP) is 2.02. The highest BCUT2D eigenvalue weighted by atomic mass is 15.2. The number of nitriles is 1. The molecular formula is C14H22N4. The summed E-state index contributed by atoms with van der Waals surface area (Å²) in [4.78, 5) is 0. The molecule has 0 aliphatic heterocycles. The van der Waals surface area contributed by atoms with E-state index >= 15 is 0 Å². The first kappa shape index (κ1) is 13.1. The molecule has 18 heavy (non-hydrogen) atoms. The van der Waals surface area contributed by atoms with Crippen LogP contribution < -0.4 is 5.32 Å². The molecule has 2 rings (SSSR count). The van der Waals surface area contributed by atoms with Gasteiger partial charge in [0, 0.05) is 19.3 Å². The van der Waals surface area contributed by atoms with E-state index < -0.39 is 0 Å². The summed E-state index contributed by atoms with van der Waals surface area (Å²) in [5.74, 6) is 0.196. The van der Waals surface area contributed by atoms with E-state index in [-0.39, 0.29) is 5.92 Å². The van der Waals surface area contributed by atoms with Gasteiger partial charge in [-0.1, -0.05) is 19.3 Å². The Labute approximate surface area is 109 Å². The summed E-state index contributed by atoms with van der Waals surface area (Å²) < 4.78 is 1.83. The van der Waals surface area contributed by atoms with Gasteiger partial charge in [-0.3, -0.25) is 4.68 Å². The Bertz CT molecular complexity index is 404. The molecule has 1 aromatic heterocycles. The van der Waals surface area contributed by atoms with Crippen LogP contribution in [0.25, 0.3) is 0 Å². The van der Waals surface area contributed by atoms with Crippen LogP contribution in [0.2, 0.25) is 0 Å². The molecule has 1 fully saturated rings. The Morgan fingerprint density at radius 3 is 3.00 bits per heavy atom. The highest BCUT2D eigenvalue weighted by molar-refractivity contribution is 5.04. The van der Waals surface area contributed by atoms with Crippen molar-refractivity contribution in [1.82, 2.24) is 15.1 Å². The Morgan fingerprint density at radius 1 is 1.44 bits per heavy atom. The van der Waals surface area contributed by atoms with Gasteiger partial charge in [-0.2, -0.15) is 10.4 Å². The molecule has 1 N–H and O–H groups in total. The third-order valence-corrected chi connectivity index (χ3v) is 3.76. The highest BCUT2D eigenvalue weighted by Gasteiger charge is 2.22. The van der Waals surface area contributed by atoms with Crippen molar-refractivity contribution < 1.29 is 0 Å². The minimum Gasteiger partial charge on any atom is -0.312 e. The van der Waals surface area contributed by atoms with Gasteiger partial charge >= 0.3 is 0 Å². The van der Waals surface area contributed by atoms with Crippen molar-refractivity contribution >= 4 is 0 Å². The van der Waals surface area contributed by atoms with Crippen LogP contribution in [-0.2, 0) is 13.5 Å². The first-order chi connectivity index (χ1) is 8.79. The zero-order valence-corrected chi connectivity index (χ0v) is 11.1. The van der Waals surface area contributed by atoms with E-state index in [2.05, 4.69) is 22.7 Å². The van der Waals surface area contributed by atoms with Crippen molar-refractivity contribution in [3.63, 3.8) is 0 Å². The second-order valence-corrected chi connectivity index (χ2v) is 5.21. The maximum Gasteiger partial charge on any atom is 0.0672 e. The summed E-state index contributed by atoms with van der Waals surface area (Å²) >= 11 is 0. The number of nitrogens with one attached hydrogen (secondary N) is 1. The van der Waals surface area contributed by atoms with Crippen LogP contribution in [0.1, 0.15) is 37.7 Å². The average Bonchev–Trinajstić information content (AvgIpc) is 2.64. The molecule has 0 bridgehead atoms. The minimum atomic E-state index is 0.196. The van der Waals surface area contributed by atoms with E-state index in [0.717, 1.165) is 25.8 Å². The molecule has 1 saturated carbocycles. The van der Waals surface area contributed by atoms with E-state index in [1.807, 2.05) is 17.9 Å².